The quantitative estimate of drug-likeness (QED) is 0.345. The van der Waals surface area contributed by atoms with E-state index in [4.69, 9.17) is 9.47 Å². The molecule has 1 aliphatic rings. The van der Waals surface area contributed by atoms with Crippen molar-refractivity contribution in [1.82, 2.24) is 19.5 Å². The fraction of sp³-hybridized carbons (Fsp3) is 0.375. The van der Waals surface area contributed by atoms with E-state index < -0.39 is 0 Å². The lowest BCUT2D eigenvalue weighted by molar-refractivity contribution is 0.144. The van der Waals surface area contributed by atoms with Crippen LogP contribution in [-0.2, 0) is 17.6 Å². The minimum atomic E-state index is -0.286. The largest absolute Gasteiger partial charge is 0.475 e. The summed E-state index contributed by atoms with van der Waals surface area (Å²) in [5.41, 5.74) is 5.19. The molecular formula is C24H29N5O3S. The molecular weight excluding hydrogens is 438 g/mol. The topological polar surface area (TPSA) is 90.3 Å². The Kier molecular flexibility index (Phi) is 7.51. The van der Waals surface area contributed by atoms with Gasteiger partial charge in [-0.05, 0) is 61.9 Å². The van der Waals surface area contributed by atoms with Gasteiger partial charge in [0, 0.05) is 49.1 Å². The van der Waals surface area contributed by atoms with E-state index >= 15 is 0 Å². The highest BCUT2D eigenvalue weighted by Crippen LogP contribution is 2.38. The standard InChI is InChI=1S/C24H29N5O3S/c1-16(2)29-12-10-22(27-29)33-28-24(30)26-23-19-6-4-5-17(19)7-8-20(23)18-9-11-25-21(15-18)32-14-13-31-3/h7-12,15-16H,4-6,13-14H2,1-3H3,(H2,26,28,30). The van der Waals surface area contributed by atoms with Crippen LogP contribution in [0.1, 0.15) is 37.4 Å². The smallest absolute Gasteiger partial charge is 0.329 e. The Hall–Kier alpha value is -3.04. The zero-order valence-corrected chi connectivity index (χ0v) is 19.9. The number of pyridine rings is 1. The third-order valence-electron chi connectivity index (χ3n) is 5.47. The van der Waals surface area contributed by atoms with E-state index in [1.54, 1.807) is 13.3 Å². The first-order valence-electron chi connectivity index (χ1n) is 11.1. The van der Waals surface area contributed by atoms with E-state index in [2.05, 4.69) is 46.1 Å². The van der Waals surface area contributed by atoms with Gasteiger partial charge in [-0.1, -0.05) is 12.1 Å². The van der Waals surface area contributed by atoms with Crippen molar-refractivity contribution >= 4 is 23.7 Å². The van der Waals surface area contributed by atoms with Gasteiger partial charge in [0.05, 0.1) is 12.3 Å². The van der Waals surface area contributed by atoms with Gasteiger partial charge in [0.2, 0.25) is 5.88 Å². The summed E-state index contributed by atoms with van der Waals surface area (Å²) in [5, 5.41) is 8.29. The van der Waals surface area contributed by atoms with Crippen molar-refractivity contribution < 1.29 is 14.3 Å². The Morgan fingerprint density at radius 2 is 2.09 bits per heavy atom. The fourth-order valence-electron chi connectivity index (χ4n) is 3.84. The molecule has 0 aliphatic heterocycles. The summed E-state index contributed by atoms with van der Waals surface area (Å²) in [6, 6.07) is 9.90. The summed E-state index contributed by atoms with van der Waals surface area (Å²) in [4.78, 5) is 17.1. The lowest BCUT2D eigenvalue weighted by atomic mass is 9.98. The molecule has 174 valence electrons. The molecule has 1 aliphatic carbocycles. The molecule has 2 amide bonds. The number of urea groups is 1. The fourth-order valence-corrected chi connectivity index (χ4v) is 4.35. The molecule has 4 rings (SSSR count). The first-order valence-corrected chi connectivity index (χ1v) is 11.9. The molecule has 2 N–H and O–H groups in total. The molecule has 8 nitrogen and oxygen atoms in total. The number of aryl methyl sites for hydroxylation is 1. The number of carbonyl (C=O) groups is 1. The summed E-state index contributed by atoms with van der Waals surface area (Å²) >= 11 is 1.20. The van der Waals surface area contributed by atoms with Crippen LogP contribution in [-0.4, -0.2) is 41.1 Å². The van der Waals surface area contributed by atoms with Gasteiger partial charge in [-0.2, -0.15) is 5.10 Å². The molecule has 2 aromatic heterocycles. The average molecular weight is 468 g/mol. The molecule has 0 saturated heterocycles. The Balaban J connectivity index is 1.53. The molecule has 0 atom stereocenters. The third kappa shape index (κ3) is 5.66. The summed E-state index contributed by atoms with van der Waals surface area (Å²) in [6.45, 7) is 5.04. The van der Waals surface area contributed by atoms with E-state index in [0.29, 0.717) is 19.1 Å². The van der Waals surface area contributed by atoms with Crippen LogP contribution in [0.4, 0.5) is 10.5 Å². The SMILES string of the molecule is COCCOc1cc(-c2ccc3c(c2NC(=O)NSc2ccn(C(C)C)n2)CCC3)ccn1. The van der Waals surface area contributed by atoms with Gasteiger partial charge in [-0.3, -0.25) is 9.40 Å². The molecule has 0 spiro atoms. The predicted molar refractivity (Wildman–Crippen MR) is 130 cm³/mol. The highest BCUT2D eigenvalue weighted by molar-refractivity contribution is 7.97. The second-order valence-electron chi connectivity index (χ2n) is 8.09. The number of benzene rings is 1. The molecule has 0 bridgehead atoms. The Labute approximate surface area is 198 Å². The van der Waals surface area contributed by atoms with Crippen molar-refractivity contribution in [3.63, 3.8) is 0 Å². The maximum Gasteiger partial charge on any atom is 0.329 e. The Morgan fingerprint density at radius 3 is 2.88 bits per heavy atom. The maximum absolute atomic E-state index is 12.8. The number of nitrogens with zero attached hydrogens (tertiary/aromatic N) is 3. The van der Waals surface area contributed by atoms with E-state index in [1.165, 1.54) is 23.1 Å². The molecule has 2 heterocycles. The van der Waals surface area contributed by atoms with Gasteiger partial charge in [0.1, 0.15) is 11.6 Å². The zero-order valence-electron chi connectivity index (χ0n) is 19.1. The minimum absolute atomic E-state index is 0.270. The lowest BCUT2D eigenvalue weighted by Crippen LogP contribution is -2.24. The molecule has 1 aromatic carbocycles. The molecule has 0 fully saturated rings. The monoisotopic (exact) mass is 467 g/mol. The number of rotatable bonds is 9. The summed E-state index contributed by atoms with van der Waals surface area (Å²) in [5.74, 6) is 0.525. The van der Waals surface area contributed by atoms with Crippen molar-refractivity contribution in [3.05, 3.63) is 53.9 Å². The van der Waals surface area contributed by atoms with Gasteiger partial charge in [0.15, 0.2) is 0 Å². The van der Waals surface area contributed by atoms with Crippen LogP contribution in [0.2, 0.25) is 0 Å². The maximum atomic E-state index is 12.8. The lowest BCUT2D eigenvalue weighted by Gasteiger charge is -2.17. The van der Waals surface area contributed by atoms with Crippen molar-refractivity contribution in [2.24, 2.45) is 0 Å². The van der Waals surface area contributed by atoms with Crippen molar-refractivity contribution in [2.75, 3.05) is 25.6 Å². The van der Waals surface area contributed by atoms with Crippen LogP contribution in [0.15, 0.2) is 47.8 Å². The first kappa shape index (κ1) is 23.1. The number of ether oxygens (including phenoxy) is 2. The van der Waals surface area contributed by atoms with Crippen LogP contribution >= 0.6 is 11.9 Å². The second-order valence-corrected chi connectivity index (χ2v) is 8.92. The van der Waals surface area contributed by atoms with Crippen LogP contribution in [0.3, 0.4) is 0 Å². The molecule has 9 heteroatoms. The van der Waals surface area contributed by atoms with Crippen molar-refractivity contribution in [1.29, 1.82) is 0 Å². The minimum Gasteiger partial charge on any atom is -0.475 e. The van der Waals surface area contributed by atoms with Crippen LogP contribution in [0, 0.1) is 0 Å². The number of carbonyl (C=O) groups excluding carboxylic acids is 1. The van der Waals surface area contributed by atoms with E-state index in [0.717, 1.165) is 41.1 Å². The third-order valence-corrected chi connectivity index (χ3v) is 6.18. The number of hydrogen-bond acceptors (Lipinski definition) is 6. The van der Waals surface area contributed by atoms with Gasteiger partial charge in [0.25, 0.3) is 0 Å². The molecule has 0 saturated carbocycles. The summed E-state index contributed by atoms with van der Waals surface area (Å²) < 4.78 is 15.4. The Morgan fingerprint density at radius 1 is 1.21 bits per heavy atom. The van der Waals surface area contributed by atoms with Crippen molar-refractivity contribution in [3.8, 4) is 17.0 Å². The number of methoxy groups -OCH3 is 1. The van der Waals surface area contributed by atoms with E-state index in [-0.39, 0.29) is 12.1 Å². The Bertz CT molecular complexity index is 1120. The highest BCUT2D eigenvalue weighted by atomic mass is 32.2. The van der Waals surface area contributed by atoms with E-state index in [1.807, 2.05) is 29.1 Å². The van der Waals surface area contributed by atoms with Crippen LogP contribution in [0.5, 0.6) is 5.88 Å². The van der Waals surface area contributed by atoms with Gasteiger partial charge < -0.3 is 14.8 Å². The van der Waals surface area contributed by atoms with Crippen molar-refractivity contribution in [2.45, 2.75) is 44.2 Å². The number of hydrogen-bond donors (Lipinski definition) is 2. The zero-order chi connectivity index (χ0) is 23.2. The summed E-state index contributed by atoms with van der Waals surface area (Å²) in [7, 11) is 1.63. The number of amides is 2. The number of anilines is 1. The van der Waals surface area contributed by atoms with E-state index in [9.17, 15) is 4.79 Å². The molecule has 0 unspecified atom stereocenters. The van der Waals surface area contributed by atoms with Gasteiger partial charge in [-0.15, -0.1) is 0 Å². The number of nitrogens with one attached hydrogen (secondary N) is 2. The average Bonchev–Trinajstić information content (AvgIpc) is 3.48. The second kappa shape index (κ2) is 10.7. The van der Waals surface area contributed by atoms with Gasteiger partial charge in [-0.25, -0.2) is 9.78 Å². The number of fused-ring (bicyclic) bond motifs is 1. The predicted octanol–water partition coefficient (Wildman–Crippen LogP) is 4.87. The summed E-state index contributed by atoms with van der Waals surface area (Å²) in [6.07, 6.45) is 6.67. The molecule has 33 heavy (non-hydrogen) atoms. The molecule has 0 radical (unpaired) electrons. The van der Waals surface area contributed by atoms with Crippen LogP contribution < -0.4 is 14.8 Å². The first-order chi connectivity index (χ1) is 16.0. The normalized spacial score (nSPS) is 12.6. The highest BCUT2D eigenvalue weighted by Gasteiger charge is 2.21. The molecule has 3 aromatic rings. The van der Waals surface area contributed by atoms with Gasteiger partial charge >= 0.3 is 6.03 Å². The van der Waals surface area contributed by atoms with Crippen LogP contribution in [0.25, 0.3) is 11.1 Å². The number of aromatic nitrogens is 3.